The van der Waals surface area contributed by atoms with Gasteiger partial charge in [-0.2, -0.15) is 8.78 Å². The molecule has 0 unspecified atom stereocenters. The zero-order valence-electron chi connectivity index (χ0n) is 16.3. The minimum Gasteiger partial charge on any atom is -0.482 e. The van der Waals surface area contributed by atoms with Crippen LogP contribution in [0.25, 0.3) is 0 Å². The number of nitrogens with zero attached hydrogens (tertiary/aromatic N) is 1. The second-order valence-corrected chi connectivity index (χ2v) is 9.14. The maximum Gasteiger partial charge on any atom is 0.341 e. The van der Waals surface area contributed by atoms with Crippen LogP contribution in [0.1, 0.15) is 22.5 Å². The average Bonchev–Trinajstić information content (AvgIpc) is 3.15. The minimum absolute atomic E-state index is 0.0118. The summed E-state index contributed by atoms with van der Waals surface area (Å²) in [7, 11) is -4.64. The Morgan fingerprint density at radius 3 is 2.26 bits per heavy atom. The molecule has 6 nitrogen and oxygen atoms in total. The average molecular weight is 447 g/mol. The van der Waals surface area contributed by atoms with Gasteiger partial charge in [-0.1, -0.05) is 36.4 Å². The van der Waals surface area contributed by atoms with Crippen molar-refractivity contribution in [2.24, 2.45) is 0 Å². The minimum atomic E-state index is -4.64. The molecule has 0 N–H and O–H groups in total. The van der Waals surface area contributed by atoms with Crippen LogP contribution in [0, 0.1) is 0 Å². The Bertz CT molecular complexity index is 1210. The van der Waals surface area contributed by atoms with E-state index in [-0.39, 0.29) is 17.8 Å². The van der Waals surface area contributed by atoms with E-state index in [2.05, 4.69) is 17.0 Å². The molecule has 4 rings (SSSR count). The summed E-state index contributed by atoms with van der Waals surface area (Å²) in [6.45, 7) is 2.02. The van der Waals surface area contributed by atoms with Crippen LogP contribution in [0.15, 0.2) is 75.0 Å². The lowest BCUT2D eigenvalue weighted by Gasteiger charge is -2.14. The predicted molar refractivity (Wildman–Crippen MR) is 108 cm³/mol. The SMILES string of the molecule is O=c1cc(CN2Cc3ccccc3C2)occ1OCc1ccc(S(=O)(=O)C(F)F)cc1. The zero-order valence-corrected chi connectivity index (χ0v) is 17.1. The van der Waals surface area contributed by atoms with Gasteiger partial charge in [-0.25, -0.2) is 8.42 Å². The zero-order chi connectivity index (χ0) is 22.0. The molecule has 0 atom stereocenters. The fraction of sp³-hybridized carbons (Fsp3) is 0.227. The summed E-state index contributed by atoms with van der Waals surface area (Å²) in [6, 6.07) is 14.4. The van der Waals surface area contributed by atoms with Gasteiger partial charge >= 0.3 is 5.76 Å². The van der Waals surface area contributed by atoms with E-state index in [1.807, 2.05) is 12.1 Å². The number of fused-ring (bicyclic) bond motifs is 1. The van der Waals surface area contributed by atoms with Gasteiger partial charge in [0, 0.05) is 19.2 Å². The third-order valence-electron chi connectivity index (χ3n) is 5.02. The van der Waals surface area contributed by atoms with Gasteiger partial charge in [0.25, 0.3) is 0 Å². The van der Waals surface area contributed by atoms with Crippen LogP contribution in [0.5, 0.6) is 5.75 Å². The van der Waals surface area contributed by atoms with Gasteiger partial charge < -0.3 is 9.15 Å². The van der Waals surface area contributed by atoms with Crippen molar-refractivity contribution in [3.8, 4) is 5.75 Å². The van der Waals surface area contributed by atoms with Crippen molar-refractivity contribution >= 4 is 9.84 Å². The standard InChI is InChI=1S/C22H19F2NO5S/c23-22(24)31(27,28)19-7-5-15(6-8-19)13-30-21-14-29-18(9-20(21)26)12-25-10-16-3-1-2-4-17(16)11-25/h1-9,14,22H,10-13H2. The highest BCUT2D eigenvalue weighted by molar-refractivity contribution is 7.91. The highest BCUT2D eigenvalue weighted by Gasteiger charge is 2.26. The topological polar surface area (TPSA) is 76.8 Å². The molecular weight excluding hydrogens is 428 g/mol. The van der Waals surface area contributed by atoms with Crippen molar-refractivity contribution in [2.45, 2.75) is 36.9 Å². The summed E-state index contributed by atoms with van der Waals surface area (Å²) in [5.41, 5.74) is 2.70. The number of halogens is 2. The smallest absolute Gasteiger partial charge is 0.341 e. The Balaban J connectivity index is 1.37. The Labute approximate surface area is 177 Å². The fourth-order valence-corrected chi connectivity index (χ4v) is 4.12. The molecule has 0 spiro atoms. The van der Waals surface area contributed by atoms with Crippen molar-refractivity contribution in [2.75, 3.05) is 0 Å². The first-order valence-corrected chi connectivity index (χ1v) is 11.0. The first kappa shape index (κ1) is 21.2. The molecule has 3 aromatic rings. The number of rotatable bonds is 7. The van der Waals surface area contributed by atoms with Gasteiger partial charge in [0.1, 0.15) is 18.6 Å². The molecule has 0 fully saturated rings. The van der Waals surface area contributed by atoms with Gasteiger partial charge in [-0.3, -0.25) is 9.69 Å². The van der Waals surface area contributed by atoms with E-state index in [1.165, 1.54) is 35.6 Å². The molecule has 162 valence electrons. The lowest BCUT2D eigenvalue weighted by atomic mass is 10.1. The Hall–Kier alpha value is -3.04. The summed E-state index contributed by atoms with van der Waals surface area (Å²) in [4.78, 5) is 14.0. The van der Waals surface area contributed by atoms with E-state index in [0.717, 1.165) is 25.2 Å². The van der Waals surface area contributed by atoms with Crippen molar-refractivity contribution in [1.82, 2.24) is 4.90 Å². The molecule has 0 saturated heterocycles. The Morgan fingerprint density at radius 1 is 1.03 bits per heavy atom. The second kappa shape index (κ2) is 8.60. The highest BCUT2D eigenvalue weighted by atomic mass is 32.2. The van der Waals surface area contributed by atoms with E-state index in [0.29, 0.717) is 17.9 Å². The van der Waals surface area contributed by atoms with E-state index < -0.39 is 20.5 Å². The van der Waals surface area contributed by atoms with Crippen LogP contribution >= 0.6 is 0 Å². The number of hydrogen-bond donors (Lipinski definition) is 0. The van der Waals surface area contributed by atoms with Crippen molar-refractivity contribution in [3.05, 3.63) is 93.5 Å². The first-order chi connectivity index (χ1) is 14.8. The van der Waals surface area contributed by atoms with Gasteiger partial charge in [0.05, 0.1) is 11.4 Å². The molecule has 0 bridgehead atoms. The van der Waals surface area contributed by atoms with Crippen LogP contribution in [-0.4, -0.2) is 19.1 Å². The molecule has 0 radical (unpaired) electrons. The van der Waals surface area contributed by atoms with Crippen LogP contribution in [0.4, 0.5) is 8.78 Å². The number of benzene rings is 2. The molecular formula is C22H19F2NO5S. The molecule has 1 aliphatic heterocycles. The Morgan fingerprint density at radius 2 is 1.68 bits per heavy atom. The van der Waals surface area contributed by atoms with Crippen LogP contribution in [0.3, 0.4) is 0 Å². The molecule has 0 saturated carbocycles. The summed E-state index contributed by atoms with van der Waals surface area (Å²) in [5, 5.41) is 0. The monoisotopic (exact) mass is 447 g/mol. The highest BCUT2D eigenvalue weighted by Crippen LogP contribution is 2.24. The van der Waals surface area contributed by atoms with E-state index >= 15 is 0 Å². The summed E-state index contributed by atoms with van der Waals surface area (Å²) >= 11 is 0. The molecule has 9 heteroatoms. The third kappa shape index (κ3) is 4.67. The number of ether oxygens (including phenoxy) is 1. The lowest BCUT2D eigenvalue weighted by molar-refractivity contribution is 0.234. The third-order valence-corrected chi connectivity index (χ3v) is 6.42. The maximum atomic E-state index is 12.6. The maximum absolute atomic E-state index is 12.6. The lowest BCUT2D eigenvalue weighted by Crippen LogP contribution is -2.17. The molecule has 1 aliphatic rings. The quantitative estimate of drug-likeness (QED) is 0.549. The van der Waals surface area contributed by atoms with E-state index in [4.69, 9.17) is 9.15 Å². The van der Waals surface area contributed by atoms with Crippen molar-refractivity contribution in [1.29, 1.82) is 0 Å². The Kier molecular flexibility index (Phi) is 5.88. The van der Waals surface area contributed by atoms with Crippen molar-refractivity contribution < 1.29 is 26.4 Å². The number of hydrogen-bond acceptors (Lipinski definition) is 6. The molecule has 2 heterocycles. The van der Waals surface area contributed by atoms with E-state index in [1.54, 1.807) is 0 Å². The van der Waals surface area contributed by atoms with Crippen LogP contribution in [0.2, 0.25) is 0 Å². The fourth-order valence-electron chi connectivity index (χ4n) is 3.40. The second-order valence-electron chi connectivity index (χ2n) is 7.23. The van der Waals surface area contributed by atoms with Gasteiger partial charge in [0.15, 0.2) is 0 Å². The predicted octanol–water partition coefficient (Wildman–Crippen LogP) is 3.73. The van der Waals surface area contributed by atoms with Crippen molar-refractivity contribution in [3.63, 3.8) is 0 Å². The van der Waals surface area contributed by atoms with E-state index in [9.17, 15) is 22.0 Å². The number of alkyl halides is 2. The first-order valence-electron chi connectivity index (χ1n) is 9.47. The van der Waals surface area contributed by atoms with Gasteiger partial charge in [0.2, 0.25) is 21.0 Å². The molecule has 31 heavy (non-hydrogen) atoms. The molecule has 0 amide bonds. The molecule has 1 aromatic heterocycles. The number of sulfone groups is 1. The summed E-state index contributed by atoms with van der Waals surface area (Å²) < 4.78 is 59.1. The largest absolute Gasteiger partial charge is 0.482 e. The summed E-state index contributed by atoms with van der Waals surface area (Å²) in [5.74, 6) is -2.95. The van der Waals surface area contributed by atoms with Crippen LogP contribution < -0.4 is 10.2 Å². The van der Waals surface area contributed by atoms with Crippen LogP contribution in [-0.2, 0) is 36.1 Å². The van der Waals surface area contributed by atoms with Gasteiger partial charge in [-0.05, 0) is 28.8 Å². The normalized spacial score (nSPS) is 14.0. The molecule has 0 aliphatic carbocycles. The van der Waals surface area contributed by atoms with Gasteiger partial charge in [-0.15, -0.1) is 0 Å². The molecule has 2 aromatic carbocycles. The summed E-state index contributed by atoms with van der Waals surface area (Å²) in [6.07, 6.45) is 1.25.